The maximum absolute atomic E-state index is 13.7. The molecule has 2 heterocycles. The van der Waals surface area contributed by atoms with Crippen molar-refractivity contribution in [1.29, 1.82) is 0 Å². The van der Waals surface area contributed by atoms with Crippen molar-refractivity contribution in [3.8, 4) is 0 Å². The van der Waals surface area contributed by atoms with Gasteiger partial charge < -0.3 is 15.1 Å². The van der Waals surface area contributed by atoms with Gasteiger partial charge in [0, 0.05) is 11.2 Å². The van der Waals surface area contributed by atoms with E-state index in [2.05, 4.69) is 24.5 Å². The zero-order chi connectivity index (χ0) is 26.3. The van der Waals surface area contributed by atoms with Gasteiger partial charge in [-0.3, -0.25) is 19.3 Å². The summed E-state index contributed by atoms with van der Waals surface area (Å²) >= 11 is 1.30. The van der Waals surface area contributed by atoms with Gasteiger partial charge in [0.1, 0.15) is 5.76 Å². The van der Waals surface area contributed by atoms with E-state index in [4.69, 9.17) is 4.42 Å². The van der Waals surface area contributed by atoms with Crippen LogP contribution in [0.25, 0.3) is 0 Å². The predicted molar refractivity (Wildman–Crippen MR) is 143 cm³/mol. The molecule has 8 heteroatoms. The number of amides is 3. The molecule has 0 aliphatic heterocycles. The molecule has 0 spiro atoms. The zero-order valence-electron chi connectivity index (χ0n) is 21.5. The van der Waals surface area contributed by atoms with Crippen LogP contribution in [0, 0.1) is 0 Å². The van der Waals surface area contributed by atoms with Crippen LogP contribution < -0.4 is 15.5 Å². The fourth-order valence-electron chi connectivity index (χ4n) is 3.68. The van der Waals surface area contributed by atoms with E-state index in [-0.39, 0.29) is 18.4 Å². The number of benzene rings is 1. The third kappa shape index (κ3) is 6.63. The molecular formula is C28H35N3O4S. The minimum absolute atomic E-state index is 0.272. The third-order valence-corrected chi connectivity index (χ3v) is 7.30. The Kier molecular flexibility index (Phi) is 9.09. The number of rotatable bonds is 11. The average Bonchev–Trinajstić information content (AvgIpc) is 3.60. The van der Waals surface area contributed by atoms with Crippen LogP contribution in [0.15, 0.2) is 64.6 Å². The highest BCUT2D eigenvalue weighted by Gasteiger charge is 2.36. The molecule has 0 saturated carbocycles. The summed E-state index contributed by atoms with van der Waals surface area (Å²) < 4.78 is 5.64. The molecule has 2 aromatic heterocycles. The Morgan fingerprint density at radius 2 is 1.78 bits per heavy atom. The molecule has 2 atom stereocenters. The maximum Gasteiger partial charge on any atom is 0.261 e. The smallest absolute Gasteiger partial charge is 0.261 e. The summed E-state index contributed by atoms with van der Waals surface area (Å²) in [5.74, 6) is -0.425. The molecule has 0 bridgehead atoms. The molecule has 36 heavy (non-hydrogen) atoms. The number of thiophene rings is 1. The molecule has 192 valence electrons. The fourth-order valence-corrected chi connectivity index (χ4v) is 4.32. The van der Waals surface area contributed by atoms with E-state index in [1.807, 2.05) is 45.0 Å². The lowest BCUT2D eigenvalue weighted by molar-refractivity contribution is -0.128. The largest absolute Gasteiger partial charge is 0.467 e. The number of carbonyl (C=O) groups is 3. The summed E-state index contributed by atoms with van der Waals surface area (Å²) in [6, 6.07) is 13.4. The molecule has 2 N–H and O–H groups in total. The monoisotopic (exact) mass is 509 g/mol. The molecule has 7 nitrogen and oxygen atoms in total. The van der Waals surface area contributed by atoms with E-state index in [1.54, 1.807) is 29.6 Å². The van der Waals surface area contributed by atoms with Crippen LogP contribution in [0.1, 0.15) is 80.4 Å². The van der Waals surface area contributed by atoms with E-state index in [1.165, 1.54) is 22.5 Å². The van der Waals surface area contributed by atoms with Crippen LogP contribution in [-0.2, 0) is 9.59 Å². The van der Waals surface area contributed by atoms with Crippen molar-refractivity contribution in [3.05, 3.63) is 76.4 Å². The summed E-state index contributed by atoms with van der Waals surface area (Å²) in [6.07, 6.45) is 3.17. The van der Waals surface area contributed by atoms with Crippen LogP contribution in [0.3, 0.4) is 0 Å². The van der Waals surface area contributed by atoms with E-state index >= 15 is 0 Å². The van der Waals surface area contributed by atoms with E-state index in [0.29, 0.717) is 28.7 Å². The molecule has 3 rings (SSSR count). The number of anilines is 1. The van der Waals surface area contributed by atoms with E-state index < -0.39 is 17.5 Å². The lowest BCUT2D eigenvalue weighted by Gasteiger charge is -2.33. The first-order valence-corrected chi connectivity index (χ1v) is 13.1. The highest BCUT2D eigenvalue weighted by Crippen LogP contribution is 2.31. The molecule has 0 radical (unpaired) electrons. The van der Waals surface area contributed by atoms with Gasteiger partial charge in [0.05, 0.1) is 17.7 Å². The van der Waals surface area contributed by atoms with Gasteiger partial charge in [-0.2, -0.15) is 0 Å². The van der Waals surface area contributed by atoms with Gasteiger partial charge >= 0.3 is 0 Å². The Morgan fingerprint density at radius 3 is 2.33 bits per heavy atom. The first-order chi connectivity index (χ1) is 17.2. The summed E-state index contributed by atoms with van der Waals surface area (Å²) in [4.78, 5) is 41.7. The molecular weight excluding hydrogens is 474 g/mol. The summed E-state index contributed by atoms with van der Waals surface area (Å²) in [7, 11) is 0. The number of hydrogen-bond donors (Lipinski definition) is 2. The minimum Gasteiger partial charge on any atom is -0.467 e. The SMILES string of the molecule is CC[C@@H](C)c1ccc(N(C(=O)CNC(=O)c2cccs2)[C@H](C(=O)NC(C)(C)CC)c2ccco2)cc1. The van der Waals surface area contributed by atoms with Gasteiger partial charge in [-0.25, -0.2) is 0 Å². The second kappa shape index (κ2) is 12.0. The standard InChI is InChI=1S/C28H35N3O4S/c1-6-19(3)20-12-14-21(15-13-20)31(24(32)18-29-26(33)23-11-9-17-36-23)25(22-10-8-16-35-22)27(34)30-28(4,5)7-2/h8-17,19,25H,6-7,18H2,1-5H3,(H,29,33)(H,30,34)/t19-,25+/m1/s1. The van der Waals surface area contributed by atoms with Crippen LogP contribution >= 0.6 is 11.3 Å². The second-order valence-corrected chi connectivity index (χ2v) is 10.4. The molecule has 0 aliphatic carbocycles. The highest BCUT2D eigenvalue weighted by molar-refractivity contribution is 7.12. The Balaban J connectivity index is 1.99. The van der Waals surface area contributed by atoms with Crippen LogP contribution in [0.5, 0.6) is 0 Å². The lowest BCUT2D eigenvalue weighted by Crippen LogP contribution is -2.52. The van der Waals surface area contributed by atoms with Crippen molar-refractivity contribution < 1.29 is 18.8 Å². The van der Waals surface area contributed by atoms with E-state index in [0.717, 1.165) is 12.0 Å². The second-order valence-electron chi connectivity index (χ2n) is 9.47. The van der Waals surface area contributed by atoms with Gasteiger partial charge in [-0.15, -0.1) is 11.3 Å². The Hall–Kier alpha value is -3.39. The maximum atomic E-state index is 13.7. The topological polar surface area (TPSA) is 91.7 Å². The van der Waals surface area contributed by atoms with Crippen molar-refractivity contribution in [2.45, 2.75) is 65.0 Å². The molecule has 0 unspecified atom stereocenters. The Labute approximate surface area is 216 Å². The minimum atomic E-state index is -1.05. The van der Waals surface area contributed by atoms with Gasteiger partial charge in [0.25, 0.3) is 11.8 Å². The van der Waals surface area contributed by atoms with Gasteiger partial charge in [-0.05, 0) is 73.9 Å². The van der Waals surface area contributed by atoms with Crippen molar-refractivity contribution in [2.24, 2.45) is 0 Å². The summed E-state index contributed by atoms with van der Waals surface area (Å²) in [5, 5.41) is 7.54. The number of nitrogens with one attached hydrogen (secondary N) is 2. The first-order valence-electron chi connectivity index (χ1n) is 12.3. The van der Waals surface area contributed by atoms with E-state index in [9.17, 15) is 14.4 Å². The summed E-state index contributed by atoms with van der Waals surface area (Å²) in [5.41, 5.74) is 1.21. The molecule has 0 fully saturated rings. The molecule has 3 aromatic rings. The number of hydrogen-bond acceptors (Lipinski definition) is 5. The normalized spacial score (nSPS) is 13.0. The molecule has 0 aliphatic rings. The quantitative estimate of drug-likeness (QED) is 0.349. The highest BCUT2D eigenvalue weighted by atomic mass is 32.1. The van der Waals surface area contributed by atoms with Gasteiger partial charge in [-0.1, -0.05) is 39.0 Å². The van der Waals surface area contributed by atoms with Crippen molar-refractivity contribution >= 4 is 34.7 Å². The van der Waals surface area contributed by atoms with Gasteiger partial charge in [0.2, 0.25) is 5.91 Å². The lowest BCUT2D eigenvalue weighted by atomic mass is 9.98. The number of nitrogens with zero attached hydrogens (tertiary/aromatic N) is 1. The average molecular weight is 510 g/mol. The number of furan rings is 1. The Morgan fingerprint density at radius 1 is 1.06 bits per heavy atom. The van der Waals surface area contributed by atoms with Crippen molar-refractivity contribution in [3.63, 3.8) is 0 Å². The first kappa shape index (κ1) is 27.2. The van der Waals surface area contributed by atoms with Crippen molar-refractivity contribution in [1.82, 2.24) is 10.6 Å². The number of carbonyl (C=O) groups excluding carboxylic acids is 3. The fraction of sp³-hybridized carbons (Fsp3) is 0.393. The zero-order valence-corrected chi connectivity index (χ0v) is 22.4. The molecule has 0 saturated heterocycles. The van der Waals surface area contributed by atoms with Crippen LogP contribution in [0.2, 0.25) is 0 Å². The van der Waals surface area contributed by atoms with Crippen molar-refractivity contribution in [2.75, 3.05) is 11.4 Å². The third-order valence-electron chi connectivity index (χ3n) is 6.43. The van der Waals surface area contributed by atoms with Crippen LogP contribution in [-0.4, -0.2) is 29.8 Å². The molecule has 1 aromatic carbocycles. The predicted octanol–water partition coefficient (Wildman–Crippen LogP) is 5.66. The van der Waals surface area contributed by atoms with Gasteiger partial charge in [0.15, 0.2) is 6.04 Å². The summed E-state index contributed by atoms with van der Waals surface area (Å²) in [6.45, 7) is 9.84. The van der Waals surface area contributed by atoms with Crippen LogP contribution in [0.4, 0.5) is 5.69 Å². The Bertz CT molecular complexity index is 1140. The molecule has 3 amide bonds.